The molecule has 0 bridgehead atoms. The highest BCUT2D eigenvalue weighted by Crippen LogP contribution is 2.45. The molecule has 1 aliphatic heterocycles. The van der Waals surface area contributed by atoms with E-state index in [0.29, 0.717) is 17.0 Å². The van der Waals surface area contributed by atoms with Gasteiger partial charge in [-0.05, 0) is 50.1 Å². The number of nitrogens with zero attached hydrogens (tertiary/aromatic N) is 2. The molecule has 0 radical (unpaired) electrons. The summed E-state index contributed by atoms with van der Waals surface area (Å²) in [4.78, 5) is 16.7. The molecule has 0 aliphatic carbocycles. The molecule has 3 heterocycles. The van der Waals surface area contributed by atoms with Gasteiger partial charge in [-0.15, -0.1) is 5.10 Å². The number of nitrogens with two attached hydrogens (primary N) is 2. The molecule has 1 atom stereocenters. The topological polar surface area (TPSA) is 120 Å². The van der Waals surface area contributed by atoms with Gasteiger partial charge in [0, 0.05) is 22.2 Å². The highest BCUT2D eigenvalue weighted by molar-refractivity contribution is 6.30. The Hall–Kier alpha value is -3.06. The smallest absolute Gasteiger partial charge is 0.250 e. The zero-order valence-electron chi connectivity index (χ0n) is 15.1. The van der Waals surface area contributed by atoms with Gasteiger partial charge in [0.05, 0.1) is 17.0 Å². The molecule has 7 nitrogen and oxygen atoms in total. The van der Waals surface area contributed by atoms with Gasteiger partial charge in [0.1, 0.15) is 5.15 Å². The number of nitrogens with one attached hydrogen (secondary N) is 1. The number of aryl methyl sites for hydroxylation is 3. The molecule has 5 N–H and O–H groups in total. The fraction of sp³-hybridized carbons (Fsp3) is 0.211. The molecule has 1 aromatic carbocycles. The van der Waals surface area contributed by atoms with E-state index in [2.05, 4.69) is 15.2 Å². The number of carbonyl (C=O) groups is 1. The first-order valence-corrected chi connectivity index (χ1v) is 8.75. The fourth-order valence-corrected chi connectivity index (χ4v) is 3.74. The quantitative estimate of drug-likeness (QED) is 0.587. The highest BCUT2D eigenvalue weighted by Gasteiger charge is 2.38. The fourth-order valence-electron chi connectivity index (χ4n) is 3.49. The van der Waals surface area contributed by atoms with Crippen molar-refractivity contribution in [2.75, 3.05) is 0 Å². The Morgan fingerprint density at radius 1 is 1.22 bits per heavy atom. The Bertz CT molecular complexity index is 1150. The van der Waals surface area contributed by atoms with E-state index in [-0.39, 0.29) is 16.6 Å². The van der Waals surface area contributed by atoms with Crippen LogP contribution < -0.4 is 16.2 Å². The van der Waals surface area contributed by atoms with Gasteiger partial charge in [0.15, 0.2) is 0 Å². The number of pyridine rings is 1. The van der Waals surface area contributed by atoms with Crippen molar-refractivity contribution in [1.29, 1.82) is 0 Å². The number of benzene rings is 1. The second kappa shape index (κ2) is 5.99. The van der Waals surface area contributed by atoms with E-state index < -0.39 is 11.8 Å². The van der Waals surface area contributed by atoms with Gasteiger partial charge in [-0.25, -0.2) is 4.98 Å². The number of hydrogen-bond donors (Lipinski definition) is 3. The first kappa shape index (κ1) is 17.4. The highest BCUT2D eigenvalue weighted by atomic mass is 35.5. The van der Waals surface area contributed by atoms with Gasteiger partial charge in [0.2, 0.25) is 11.8 Å². The Balaban J connectivity index is 2.03. The second-order valence-corrected chi connectivity index (χ2v) is 7.10. The Labute approximate surface area is 160 Å². The molecule has 138 valence electrons. The van der Waals surface area contributed by atoms with Crippen LogP contribution in [0.25, 0.3) is 10.9 Å². The van der Waals surface area contributed by atoms with Crippen molar-refractivity contribution in [2.24, 2.45) is 11.5 Å². The first-order chi connectivity index (χ1) is 12.8. The molecule has 1 unspecified atom stereocenters. The average Bonchev–Trinajstić information content (AvgIpc) is 2.95. The summed E-state index contributed by atoms with van der Waals surface area (Å²) >= 11 is 6.53. The van der Waals surface area contributed by atoms with Gasteiger partial charge in [-0.3, -0.25) is 9.89 Å². The third-order valence-corrected chi connectivity index (χ3v) is 5.30. The molecular formula is C19H18ClN5O2. The molecule has 0 saturated heterocycles. The van der Waals surface area contributed by atoms with Crippen LogP contribution in [0.2, 0.25) is 5.15 Å². The monoisotopic (exact) mass is 383 g/mol. The zero-order valence-corrected chi connectivity index (χ0v) is 15.8. The van der Waals surface area contributed by atoms with Crippen LogP contribution in [0.5, 0.6) is 5.88 Å². The largest absolute Gasteiger partial charge is 0.421 e. The zero-order chi connectivity index (χ0) is 19.5. The lowest BCUT2D eigenvalue weighted by Crippen LogP contribution is -2.30. The normalized spacial score (nSPS) is 16.4. The van der Waals surface area contributed by atoms with Crippen LogP contribution >= 0.6 is 11.6 Å². The lowest BCUT2D eigenvalue weighted by Gasteiger charge is -2.26. The predicted molar refractivity (Wildman–Crippen MR) is 102 cm³/mol. The van der Waals surface area contributed by atoms with E-state index in [1.807, 2.05) is 39.0 Å². The number of H-pyrrole nitrogens is 1. The minimum Gasteiger partial charge on any atom is -0.421 e. The Morgan fingerprint density at radius 3 is 2.63 bits per heavy atom. The molecule has 1 aliphatic rings. The summed E-state index contributed by atoms with van der Waals surface area (Å²) in [6.45, 7) is 5.88. The van der Waals surface area contributed by atoms with Crippen molar-refractivity contribution >= 4 is 28.4 Å². The average molecular weight is 384 g/mol. The molecule has 0 spiro atoms. The van der Waals surface area contributed by atoms with Crippen LogP contribution in [0.4, 0.5) is 0 Å². The number of rotatable bonds is 2. The number of fused-ring (bicyclic) bond motifs is 2. The second-order valence-electron chi connectivity index (χ2n) is 6.74. The van der Waals surface area contributed by atoms with Crippen LogP contribution in [0, 0.1) is 20.8 Å². The summed E-state index contributed by atoms with van der Waals surface area (Å²) in [7, 11) is 0. The van der Waals surface area contributed by atoms with E-state index >= 15 is 0 Å². The number of ether oxygens (including phenoxy) is 1. The molecule has 2 aromatic heterocycles. The molecule has 27 heavy (non-hydrogen) atoms. The number of aromatic amines is 1. The van der Waals surface area contributed by atoms with Crippen LogP contribution in [-0.2, 0) is 4.79 Å². The maximum absolute atomic E-state index is 12.2. The van der Waals surface area contributed by atoms with E-state index in [1.54, 1.807) is 0 Å². The first-order valence-electron chi connectivity index (χ1n) is 8.37. The summed E-state index contributed by atoms with van der Waals surface area (Å²) in [6.07, 6.45) is 0. The predicted octanol–water partition coefficient (Wildman–Crippen LogP) is 2.72. The van der Waals surface area contributed by atoms with E-state index in [4.69, 9.17) is 27.8 Å². The van der Waals surface area contributed by atoms with Gasteiger partial charge in [-0.2, -0.15) is 0 Å². The summed E-state index contributed by atoms with van der Waals surface area (Å²) in [6, 6.07) is 5.94. The van der Waals surface area contributed by atoms with E-state index in [1.165, 1.54) is 0 Å². The molecule has 3 aromatic rings. The number of primary amides is 1. The van der Waals surface area contributed by atoms with Crippen molar-refractivity contribution in [3.8, 4) is 5.88 Å². The van der Waals surface area contributed by atoms with Gasteiger partial charge in [-0.1, -0.05) is 11.6 Å². The SMILES string of the molecule is Cc1cc2cc(C3C(C(N)=O)=C(N)Oc4n[nH]c(C)c43)c(Cl)nc2cc1C. The molecule has 4 rings (SSSR count). The van der Waals surface area contributed by atoms with Crippen LogP contribution in [0.1, 0.15) is 33.9 Å². The molecule has 0 fully saturated rings. The minimum atomic E-state index is -0.681. The lowest BCUT2D eigenvalue weighted by atomic mass is 9.83. The van der Waals surface area contributed by atoms with Gasteiger partial charge >= 0.3 is 0 Å². The summed E-state index contributed by atoms with van der Waals surface area (Å²) in [5.74, 6) is -1.07. The van der Waals surface area contributed by atoms with Crippen LogP contribution in [-0.4, -0.2) is 21.1 Å². The maximum atomic E-state index is 12.2. The molecule has 1 amide bonds. The van der Waals surface area contributed by atoms with Crippen LogP contribution in [0.15, 0.2) is 29.7 Å². The molecule has 0 saturated carbocycles. The number of carbonyl (C=O) groups excluding carboxylic acids is 1. The third kappa shape index (κ3) is 2.62. The van der Waals surface area contributed by atoms with Crippen molar-refractivity contribution in [1.82, 2.24) is 15.2 Å². The summed E-state index contributed by atoms with van der Waals surface area (Å²) in [5.41, 5.74) is 16.8. The van der Waals surface area contributed by atoms with Crippen molar-refractivity contribution in [3.05, 3.63) is 62.8 Å². The summed E-state index contributed by atoms with van der Waals surface area (Å²) < 4.78 is 5.49. The summed E-state index contributed by atoms with van der Waals surface area (Å²) in [5, 5.41) is 8.16. The van der Waals surface area contributed by atoms with Crippen molar-refractivity contribution < 1.29 is 9.53 Å². The van der Waals surface area contributed by atoms with E-state index in [0.717, 1.165) is 27.7 Å². The maximum Gasteiger partial charge on any atom is 0.250 e. The van der Waals surface area contributed by atoms with Gasteiger partial charge < -0.3 is 16.2 Å². The number of hydrogen-bond acceptors (Lipinski definition) is 5. The minimum absolute atomic E-state index is 0.0808. The van der Waals surface area contributed by atoms with Crippen molar-refractivity contribution in [2.45, 2.75) is 26.7 Å². The van der Waals surface area contributed by atoms with Gasteiger partial charge in [0.25, 0.3) is 5.91 Å². The standard InChI is InChI=1S/C19H18ClN5O2/c1-7-4-10-6-11(16(20)23-12(10)5-8(7)2)14-13-9(3)24-25-19(13)27-18(22)15(14)17(21)26/h4-6,14H,22H2,1-3H3,(H2,21,26)(H,24,25). The number of halogens is 1. The van der Waals surface area contributed by atoms with Crippen LogP contribution in [0.3, 0.4) is 0 Å². The Morgan fingerprint density at radius 2 is 1.93 bits per heavy atom. The molecule has 8 heteroatoms. The molecular weight excluding hydrogens is 366 g/mol. The number of amides is 1. The van der Waals surface area contributed by atoms with E-state index in [9.17, 15) is 4.79 Å². The third-order valence-electron chi connectivity index (χ3n) is 5.00. The number of aromatic nitrogens is 3. The Kier molecular flexibility index (Phi) is 3.85. The lowest BCUT2D eigenvalue weighted by molar-refractivity contribution is -0.115. The van der Waals surface area contributed by atoms with Crippen molar-refractivity contribution in [3.63, 3.8) is 0 Å².